The first-order valence-electron chi connectivity index (χ1n) is 6.17. The molecule has 1 heterocycles. The number of hydrogen-bond acceptors (Lipinski definition) is 4. The highest BCUT2D eigenvalue weighted by Gasteiger charge is 2.21. The molecule has 0 fully saturated rings. The molecule has 1 aromatic rings. The van der Waals surface area contributed by atoms with E-state index in [0.717, 1.165) is 0 Å². The van der Waals surface area contributed by atoms with Gasteiger partial charge < -0.3 is 19.9 Å². The zero-order chi connectivity index (χ0) is 15.4. The van der Waals surface area contributed by atoms with Gasteiger partial charge in [-0.05, 0) is 17.7 Å². The summed E-state index contributed by atoms with van der Waals surface area (Å²) in [5.74, 6) is -0.901. The number of carboxylic acids is 1. The van der Waals surface area contributed by atoms with Gasteiger partial charge in [-0.15, -0.1) is 0 Å². The largest absolute Gasteiger partial charge is 0.486 e. The van der Waals surface area contributed by atoms with Crippen LogP contribution in [0.25, 0.3) is 0 Å². The van der Waals surface area contributed by atoms with Crippen LogP contribution >= 0.6 is 15.9 Å². The molecule has 0 aliphatic carbocycles. The van der Waals surface area contributed by atoms with Gasteiger partial charge in [0.15, 0.2) is 17.5 Å². The van der Waals surface area contributed by atoms with Crippen molar-refractivity contribution in [3.05, 3.63) is 22.2 Å². The highest BCUT2D eigenvalue weighted by atomic mass is 79.9. The van der Waals surface area contributed by atoms with Gasteiger partial charge in [0.05, 0.1) is 6.42 Å². The van der Waals surface area contributed by atoms with E-state index in [1.807, 2.05) is 0 Å². The Hall–Kier alpha value is -1.83. The van der Waals surface area contributed by atoms with Crippen molar-refractivity contribution in [1.82, 2.24) is 5.32 Å². The van der Waals surface area contributed by atoms with E-state index in [0.29, 0.717) is 34.7 Å². The summed E-state index contributed by atoms with van der Waals surface area (Å²) in [5, 5.41) is 10.8. The third kappa shape index (κ3) is 3.84. The molecule has 6 nitrogen and oxygen atoms in total. The Bertz CT molecular complexity index is 566. The number of ether oxygens (including phenoxy) is 2. The second-order valence-corrected chi connectivity index (χ2v) is 5.23. The molecule has 1 aliphatic heterocycles. The Balaban J connectivity index is 2.08. The van der Waals surface area contributed by atoms with Crippen LogP contribution in [0, 0.1) is 0 Å². The summed E-state index contributed by atoms with van der Waals surface area (Å²) in [6, 6.07) is 1.79. The van der Waals surface area contributed by atoms with Crippen molar-refractivity contribution in [2.45, 2.75) is 12.5 Å². The first-order valence-corrected chi connectivity index (χ1v) is 6.96. The Morgan fingerprint density at radius 1 is 1.33 bits per heavy atom. The molecule has 0 aromatic heterocycles. The second-order valence-electron chi connectivity index (χ2n) is 4.38. The maximum Gasteiger partial charge on any atom is 0.328 e. The number of amides is 1. The van der Waals surface area contributed by atoms with E-state index in [1.165, 1.54) is 0 Å². The molecule has 0 radical (unpaired) electrons. The summed E-state index contributed by atoms with van der Waals surface area (Å²) in [5.41, 5.74) is 0.597. The lowest BCUT2D eigenvalue weighted by molar-refractivity contribution is -0.142. The van der Waals surface area contributed by atoms with Crippen LogP contribution < -0.4 is 14.8 Å². The number of benzene rings is 1. The Labute approximate surface area is 128 Å². The molecular weight excluding hydrogens is 349 g/mol. The predicted octanol–water partition coefficient (Wildman–Crippen LogP) is 1.30. The number of carbonyl (C=O) groups excluding carboxylic acids is 1. The van der Waals surface area contributed by atoms with Crippen LogP contribution in [0.5, 0.6) is 11.5 Å². The Morgan fingerprint density at radius 2 is 1.95 bits per heavy atom. The SMILES string of the molecule is O=C(Cc1cc2c(cc1Br)OCCO2)NC(CF)C(=O)O. The lowest BCUT2D eigenvalue weighted by Gasteiger charge is -2.20. The van der Waals surface area contributed by atoms with Gasteiger partial charge in [0, 0.05) is 4.47 Å². The van der Waals surface area contributed by atoms with E-state index in [1.54, 1.807) is 12.1 Å². The highest BCUT2D eigenvalue weighted by molar-refractivity contribution is 9.10. The monoisotopic (exact) mass is 361 g/mol. The fourth-order valence-electron chi connectivity index (χ4n) is 1.83. The van der Waals surface area contributed by atoms with Gasteiger partial charge in [-0.3, -0.25) is 4.79 Å². The van der Waals surface area contributed by atoms with Crippen molar-refractivity contribution in [3.63, 3.8) is 0 Å². The van der Waals surface area contributed by atoms with Crippen molar-refractivity contribution in [2.75, 3.05) is 19.9 Å². The molecule has 1 atom stereocenters. The average molecular weight is 362 g/mol. The number of nitrogens with one attached hydrogen (secondary N) is 1. The predicted molar refractivity (Wildman–Crippen MR) is 74.4 cm³/mol. The summed E-state index contributed by atoms with van der Waals surface area (Å²) in [7, 11) is 0. The number of hydrogen-bond donors (Lipinski definition) is 2. The molecule has 2 N–H and O–H groups in total. The maximum absolute atomic E-state index is 12.5. The maximum atomic E-state index is 12.5. The first-order chi connectivity index (χ1) is 10.0. The van der Waals surface area contributed by atoms with Crippen LogP contribution in [0.1, 0.15) is 5.56 Å². The number of aliphatic carboxylic acids is 1. The minimum absolute atomic E-state index is 0.0962. The van der Waals surface area contributed by atoms with Crippen LogP contribution in [0.4, 0.5) is 4.39 Å². The minimum atomic E-state index is -1.53. The Morgan fingerprint density at radius 3 is 2.52 bits per heavy atom. The first kappa shape index (κ1) is 15.6. The molecule has 1 aliphatic rings. The van der Waals surface area contributed by atoms with Gasteiger partial charge in [0.1, 0.15) is 19.9 Å². The zero-order valence-corrected chi connectivity index (χ0v) is 12.5. The number of carbonyl (C=O) groups is 2. The van der Waals surface area contributed by atoms with Gasteiger partial charge in [-0.2, -0.15) is 0 Å². The number of rotatable bonds is 5. The highest BCUT2D eigenvalue weighted by Crippen LogP contribution is 2.35. The van der Waals surface area contributed by atoms with E-state index in [2.05, 4.69) is 21.2 Å². The molecule has 114 valence electrons. The van der Waals surface area contributed by atoms with E-state index in [9.17, 15) is 14.0 Å². The van der Waals surface area contributed by atoms with E-state index in [4.69, 9.17) is 14.6 Å². The molecule has 2 rings (SSSR count). The van der Waals surface area contributed by atoms with E-state index in [-0.39, 0.29) is 6.42 Å². The van der Waals surface area contributed by atoms with Crippen molar-refractivity contribution in [2.24, 2.45) is 0 Å². The molecule has 1 unspecified atom stereocenters. The Kier molecular flexibility index (Phi) is 5.00. The van der Waals surface area contributed by atoms with Crippen LogP contribution in [0.15, 0.2) is 16.6 Å². The van der Waals surface area contributed by atoms with Gasteiger partial charge >= 0.3 is 5.97 Å². The van der Waals surface area contributed by atoms with Crippen LogP contribution in [-0.2, 0) is 16.0 Å². The molecule has 0 saturated heterocycles. The van der Waals surface area contributed by atoms with E-state index < -0.39 is 24.6 Å². The second kappa shape index (κ2) is 6.75. The van der Waals surface area contributed by atoms with Gasteiger partial charge in [-0.1, -0.05) is 15.9 Å². The van der Waals surface area contributed by atoms with Crippen molar-refractivity contribution < 1.29 is 28.6 Å². The third-order valence-electron chi connectivity index (χ3n) is 2.85. The fourth-order valence-corrected chi connectivity index (χ4v) is 2.29. The van der Waals surface area contributed by atoms with Crippen molar-refractivity contribution in [3.8, 4) is 11.5 Å². The molecule has 0 spiro atoms. The number of halogens is 2. The van der Waals surface area contributed by atoms with E-state index >= 15 is 0 Å². The number of alkyl halides is 1. The lowest BCUT2D eigenvalue weighted by Crippen LogP contribution is -2.43. The molecular formula is C13H13BrFNO5. The number of fused-ring (bicyclic) bond motifs is 1. The summed E-state index contributed by atoms with van der Waals surface area (Å²) in [6.45, 7) is -0.289. The van der Waals surface area contributed by atoms with Crippen molar-refractivity contribution >= 4 is 27.8 Å². The van der Waals surface area contributed by atoms with Gasteiger partial charge in [0.2, 0.25) is 5.91 Å². The topological polar surface area (TPSA) is 84.9 Å². The van der Waals surface area contributed by atoms with Gasteiger partial charge in [-0.25, -0.2) is 9.18 Å². The summed E-state index contributed by atoms with van der Waals surface area (Å²) < 4.78 is 23.9. The lowest BCUT2D eigenvalue weighted by atomic mass is 10.1. The molecule has 1 amide bonds. The number of carboxylic acid groups (broad SMARTS) is 1. The molecule has 0 bridgehead atoms. The van der Waals surface area contributed by atoms with Crippen LogP contribution in [-0.4, -0.2) is 42.9 Å². The molecule has 21 heavy (non-hydrogen) atoms. The van der Waals surface area contributed by atoms with Crippen LogP contribution in [0.2, 0.25) is 0 Å². The molecule has 1 aromatic carbocycles. The normalized spacial score (nSPS) is 14.4. The zero-order valence-electron chi connectivity index (χ0n) is 10.9. The van der Waals surface area contributed by atoms with Gasteiger partial charge in [0.25, 0.3) is 0 Å². The standard InChI is InChI=1S/C13H13BrFNO5/c14-8-5-11-10(20-1-2-21-11)3-7(8)4-12(17)16-9(6-15)13(18)19/h3,5,9H,1-2,4,6H2,(H,16,17)(H,18,19). The molecule has 8 heteroatoms. The molecule has 0 saturated carbocycles. The fraction of sp³-hybridized carbons (Fsp3) is 0.385. The summed E-state index contributed by atoms with van der Waals surface area (Å²) >= 11 is 3.31. The average Bonchev–Trinajstić information content (AvgIpc) is 2.45. The smallest absolute Gasteiger partial charge is 0.328 e. The van der Waals surface area contributed by atoms with Crippen molar-refractivity contribution in [1.29, 1.82) is 0 Å². The summed E-state index contributed by atoms with van der Waals surface area (Å²) in [6.07, 6.45) is -0.0962. The third-order valence-corrected chi connectivity index (χ3v) is 3.59. The van der Waals surface area contributed by atoms with Crippen LogP contribution in [0.3, 0.4) is 0 Å². The minimum Gasteiger partial charge on any atom is -0.486 e. The summed E-state index contributed by atoms with van der Waals surface area (Å²) in [4.78, 5) is 22.4. The quantitative estimate of drug-likeness (QED) is 0.825.